The van der Waals surface area contributed by atoms with Crippen LogP contribution in [0.3, 0.4) is 0 Å². The molecule has 5 rings (SSSR count). The zero-order valence-corrected chi connectivity index (χ0v) is 17.9. The Balaban J connectivity index is 1.25. The van der Waals surface area contributed by atoms with Crippen LogP contribution in [0.5, 0.6) is 0 Å². The molecule has 154 valence electrons. The number of hydrogen-bond donors (Lipinski definition) is 3. The van der Waals surface area contributed by atoms with Crippen molar-refractivity contribution in [3.8, 4) is 11.3 Å². The summed E-state index contributed by atoms with van der Waals surface area (Å²) in [5, 5.41) is 10.4. The van der Waals surface area contributed by atoms with E-state index in [-0.39, 0.29) is 5.91 Å². The average molecular weight is 427 g/mol. The number of amides is 1. The fraction of sp³-hybridized carbons (Fsp3) is 0.120. The van der Waals surface area contributed by atoms with E-state index >= 15 is 0 Å². The van der Waals surface area contributed by atoms with Crippen LogP contribution in [0.15, 0.2) is 77.7 Å². The summed E-state index contributed by atoms with van der Waals surface area (Å²) in [6.07, 6.45) is 1.73. The van der Waals surface area contributed by atoms with Crippen LogP contribution in [0.4, 0.5) is 11.4 Å². The van der Waals surface area contributed by atoms with Crippen molar-refractivity contribution in [3.63, 3.8) is 0 Å². The zero-order valence-electron chi connectivity index (χ0n) is 17.1. The van der Waals surface area contributed by atoms with Gasteiger partial charge in [-0.3, -0.25) is 9.89 Å². The zero-order chi connectivity index (χ0) is 21.2. The Kier molecular flexibility index (Phi) is 5.22. The van der Waals surface area contributed by atoms with Gasteiger partial charge in [-0.1, -0.05) is 42.0 Å². The van der Waals surface area contributed by atoms with Crippen molar-refractivity contribution in [2.75, 3.05) is 10.0 Å². The molecule has 3 aromatic carbocycles. The molecule has 0 saturated carbocycles. The maximum Gasteiger partial charge on any atom is 0.273 e. The lowest BCUT2D eigenvalue weighted by molar-refractivity contribution is 0.102. The van der Waals surface area contributed by atoms with Crippen LogP contribution in [0.2, 0.25) is 0 Å². The molecule has 0 radical (unpaired) electrons. The maximum absolute atomic E-state index is 12.9. The minimum atomic E-state index is -0.161. The number of hydrogen-bond acceptors (Lipinski definition) is 4. The van der Waals surface area contributed by atoms with E-state index in [9.17, 15) is 4.79 Å². The first kappa shape index (κ1) is 19.5. The molecule has 1 heterocycles. The van der Waals surface area contributed by atoms with Gasteiger partial charge < -0.3 is 10.0 Å². The fourth-order valence-electron chi connectivity index (χ4n) is 3.79. The summed E-state index contributed by atoms with van der Waals surface area (Å²) in [7, 11) is 0. The third kappa shape index (κ3) is 4.07. The molecule has 1 aromatic heterocycles. The first-order valence-corrected chi connectivity index (χ1v) is 11.1. The molecule has 1 aliphatic rings. The van der Waals surface area contributed by atoms with Gasteiger partial charge in [0.05, 0.1) is 5.69 Å². The van der Waals surface area contributed by atoms with E-state index in [1.807, 2.05) is 36.4 Å². The van der Waals surface area contributed by atoms with Crippen LogP contribution >= 0.6 is 11.9 Å². The number of rotatable bonds is 5. The molecule has 0 spiro atoms. The Labute approximate surface area is 185 Å². The van der Waals surface area contributed by atoms with Gasteiger partial charge in [0.25, 0.3) is 5.91 Å². The molecule has 3 N–H and O–H groups in total. The number of benzene rings is 3. The molecule has 4 aromatic rings. The van der Waals surface area contributed by atoms with Gasteiger partial charge in [0.2, 0.25) is 0 Å². The Morgan fingerprint density at radius 2 is 1.68 bits per heavy atom. The minimum Gasteiger partial charge on any atom is -0.326 e. The highest BCUT2D eigenvalue weighted by atomic mass is 32.2. The Morgan fingerprint density at radius 3 is 2.48 bits per heavy atom. The number of carbonyl (C=O) groups excluding carboxylic acids is 1. The van der Waals surface area contributed by atoms with E-state index in [1.54, 1.807) is 0 Å². The lowest BCUT2D eigenvalue weighted by atomic mass is 9.89. The Bertz CT molecular complexity index is 1230. The van der Waals surface area contributed by atoms with Crippen molar-refractivity contribution in [2.24, 2.45) is 0 Å². The van der Waals surface area contributed by atoms with Crippen molar-refractivity contribution < 1.29 is 4.79 Å². The summed E-state index contributed by atoms with van der Waals surface area (Å²) in [6.45, 7) is 2.07. The van der Waals surface area contributed by atoms with E-state index in [4.69, 9.17) is 0 Å². The predicted molar refractivity (Wildman–Crippen MR) is 126 cm³/mol. The summed E-state index contributed by atoms with van der Waals surface area (Å²) in [5.74, 6) is -0.161. The smallest absolute Gasteiger partial charge is 0.273 e. The predicted octanol–water partition coefficient (Wildman–Crippen LogP) is 5.86. The molecule has 0 unspecified atom stereocenters. The van der Waals surface area contributed by atoms with Gasteiger partial charge in [0, 0.05) is 27.4 Å². The van der Waals surface area contributed by atoms with Gasteiger partial charge >= 0.3 is 0 Å². The number of fused-ring (bicyclic) bond motifs is 3. The largest absolute Gasteiger partial charge is 0.326 e. The molecule has 0 atom stereocenters. The molecule has 0 saturated heterocycles. The van der Waals surface area contributed by atoms with E-state index in [0.717, 1.165) is 45.9 Å². The quantitative estimate of drug-likeness (QED) is 0.350. The number of aromatic amines is 1. The highest BCUT2D eigenvalue weighted by Gasteiger charge is 2.25. The number of carbonyl (C=O) groups is 1. The average Bonchev–Trinajstić information content (AvgIpc) is 3.25. The summed E-state index contributed by atoms with van der Waals surface area (Å²) < 4.78 is 3.33. The van der Waals surface area contributed by atoms with E-state index in [1.165, 1.54) is 23.1 Å². The van der Waals surface area contributed by atoms with E-state index in [0.29, 0.717) is 5.69 Å². The third-order valence-electron chi connectivity index (χ3n) is 5.46. The van der Waals surface area contributed by atoms with Crippen LogP contribution in [-0.4, -0.2) is 16.1 Å². The van der Waals surface area contributed by atoms with Crippen molar-refractivity contribution in [3.05, 3.63) is 95.2 Å². The molecule has 1 aliphatic carbocycles. The van der Waals surface area contributed by atoms with Gasteiger partial charge in [-0.2, -0.15) is 5.10 Å². The first-order chi connectivity index (χ1) is 15.2. The topological polar surface area (TPSA) is 69.8 Å². The normalized spacial score (nSPS) is 12.0. The highest BCUT2D eigenvalue weighted by molar-refractivity contribution is 8.00. The monoisotopic (exact) mass is 426 g/mol. The van der Waals surface area contributed by atoms with Crippen LogP contribution in [-0.2, 0) is 12.8 Å². The maximum atomic E-state index is 12.9. The molecule has 5 nitrogen and oxygen atoms in total. The van der Waals surface area contributed by atoms with Crippen molar-refractivity contribution in [1.29, 1.82) is 0 Å². The number of H-pyrrole nitrogens is 1. The fourth-order valence-corrected chi connectivity index (χ4v) is 4.43. The molecule has 0 fully saturated rings. The lowest BCUT2D eigenvalue weighted by Gasteiger charge is -2.15. The molecule has 0 aliphatic heterocycles. The SMILES string of the molecule is Cc1ccc(NSc2ccc(NC(=O)c3[nH]nc4c3CCc3ccccc3-4)cc2)cc1. The van der Waals surface area contributed by atoms with Gasteiger partial charge in [0.15, 0.2) is 0 Å². The summed E-state index contributed by atoms with van der Waals surface area (Å²) in [5.41, 5.74) is 7.86. The van der Waals surface area contributed by atoms with Gasteiger partial charge in [-0.25, -0.2) is 0 Å². The molecule has 6 heteroatoms. The van der Waals surface area contributed by atoms with Gasteiger partial charge in [0.1, 0.15) is 5.69 Å². The number of nitrogens with one attached hydrogen (secondary N) is 3. The minimum absolute atomic E-state index is 0.161. The van der Waals surface area contributed by atoms with Crippen LogP contribution in [0.25, 0.3) is 11.3 Å². The third-order valence-corrected chi connectivity index (χ3v) is 6.31. The molecular formula is C25H22N4OS. The number of anilines is 2. The first-order valence-electron chi connectivity index (χ1n) is 10.2. The van der Waals surface area contributed by atoms with E-state index in [2.05, 4.69) is 63.6 Å². The summed E-state index contributed by atoms with van der Waals surface area (Å²) >= 11 is 1.54. The van der Waals surface area contributed by atoms with Crippen molar-refractivity contribution >= 4 is 29.2 Å². The van der Waals surface area contributed by atoms with Gasteiger partial charge in [-0.15, -0.1) is 0 Å². The number of aryl methyl sites for hydroxylation is 2. The summed E-state index contributed by atoms with van der Waals surface area (Å²) in [4.78, 5) is 13.9. The molecule has 1 amide bonds. The second kappa shape index (κ2) is 8.32. The van der Waals surface area contributed by atoms with Crippen LogP contribution in [0.1, 0.15) is 27.2 Å². The van der Waals surface area contributed by atoms with Crippen LogP contribution < -0.4 is 10.0 Å². The lowest BCUT2D eigenvalue weighted by Crippen LogP contribution is -2.15. The Hall–Kier alpha value is -3.51. The Morgan fingerprint density at radius 1 is 0.935 bits per heavy atom. The molecular weight excluding hydrogens is 404 g/mol. The van der Waals surface area contributed by atoms with Gasteiger partial charge in [-0.05, 0) is 73.7 Å². The van der Waals surface area contributed by atoms with Crippen molar-refractivity contribution in [1.82, 2.24) is 10.2 Å². The van der Waals surface area contributed by atoms with Crippen molar-refractivity contribution in [2.45, 2.75) is 24.7 Å². The molecule has 0 bridgehead atoms. The second-order valence-corrected chi connectivity index (χ2v) is 8.51. The second-order valence-electron chi connectivity index (χ2n) is 7.63. The van der Waals surface area contributed by atoms with Crippen LogP contribution in [0, 0.1) is 6.92 Å². The summed E-state index contributed by atoms with van der Waals surface area (Å²) in [6, 6.07) is 24.3. The number of aromatic nitrogens is 2. The van der Waals surface area contributed by atoms with E-state index < -0.39 is 0 Å². The standard InChI is InChI=1S/C25H22N4OS/c1-16-6-9-19(10-7-16)29-31-20-13-11-18(12-14-20)26-25(30)24-22-15-8-17-4-2-3-5-21(17)23(22)27-28-24/h2-7,9-14,29H,8,15H2,1H3,(H,26,30)(H,27,28). The molecule has 31 heavy (non-hydrogen) atoms. The highest BCUT2D eigenvalue weighted by Crippen LogP contribution is 2.33. The number of nitrogens with zero attached hydrogens (tertiary/aromatic N) is 1.